The molecule has 0 amide bonds. The third kappa shape index (κ3) is 3.44. The molecule has 0 saturated heterocycles. The second kappa shape index (κ2) is 4.73. The molecule has 0 aliphatic rings. The number of H-pyrrole nitrogens is 1. The van der Waals surface area contributed by atoms with Gasteiger partial charge in [0, 0.05) is 11.4 Å². The molecule has 1 aromatic rings. The predicted octanol–water partition coefficient (Wildman–Crippen LogP) is 2.08. The minimum atomic E-state index is -4.98. The number of rotatable bonds is 3. The Morgan fingerprint density at radius 3 is 2.53 bits per heavy atom. The van der Waals surface area contributed by atoms with Crippen LogP contribution in [0.5, 0.6) is 5.88 Å². The fourth-order valence-electron chi connectivity index (χ4n) is 1.06. The number of hydrogen-bond acceptors (Lipinski definition) is 4. The minimum Gasteiger partial charge on any atom is -0.390 e. The number of alkyl halides is 4. The topological polar surface area (TPSA) is 85.2 Å². The molecule has 0 aromatic carbocycles. The number of nitro groups is 1. The van der Waals surface area contributed by atoms with Crippen molar-refractivity contribution in [2.45, 2.75) is 11.7 Å². The molecule has 94 valence electrons. The SMILES string of the molecule is O=c1[nH]c(OC(F)(F)F)cc(CBr)c1[N+](=O)[O-]. The fraction of sp³-hybridized carbons (Fsp3) is 0.286. The molecular formula is C7H4BrF3N2O4. The van der Waals surface area contributed by atoms with Gasteiger partial charge < -0.3 is 4.74 Å². The highest BCUT2D eigenvalue weighted by molar-refractivity contribution is 9.08. The average Bonchev–Trinajstić information content (AvgIpc) is 2.12. The van der Waals surface area contributed by atoms with Crippen LogP contribution in [0.3, 0.4) is 0 Å². The Bertz CT molecular complexity index is 499. The molecule has 0 saturated carbocycles. The highest BCUT2D eigenvalue weighted by Crippen LogP contribution is 2.24. The molecule has 0 spiro atoms. The molecule has 17 heavy (non-hydrogen) atoms. The van der Waals surface area contributed by atoms with Gasteiger partial charge in [0.2, 0.25) is 5.88 Å². The maximum Gasteiger partial charge on any atom is 0.574 e. The lowest BCUT2D eigenvalue weighted by Crippen LogP contribution is -2.21. The van der Waals surface area contributed by atoms with Gasteiger partial charge in [-0.3, -0.25) is 19.9 Å². The van der Waals surface area contributed by atoms with Crippen molar-refractivity contribution in [3.05, 3.63) is 32.1 Å². The summed E-state index contributed by atoms with van der Waals surface area (Å²) in [4.78, 5) is 22.3. The third-order valence-corrected chi connectivity index (χ3v) is 2.22. The number of pyridine rings is 1. The molecule has 10 heteroatoms. The molecule has 0 unspecified atom stereocenters. The number of halogens is 4. The summed E-state index contributed by atoms with van der Waals surface area (Å²) in [7, 11) is 0. The normalized spacial score (nSPS) is 11.3. The van der Waals surface area contributed by atoms with Gasteiger partial charge in [0.15, 0.2) is 0 Å². The van der Waals surface area contributed by atoms with E-state index < -0.39 is 28.4 Å². The Labute approximate surface area is 99.7 Å². The van der Waals surface area contributed by atoms with Crippen LogP contribution in [0.1, 0.15) is 5.56 Å². The minimum absolute atomic E-state index is 0.151. The molecule has 1 aromatic heterocycles. The highest BCUT2D eigenvalue weighted by Gasteiger charge is 2.32. The van der Waals surface area contributed by atoms with Crippen LogP contribution in [0, 0.1) is 10.1 Å². The van der Waals surface area contributed by atoms with E-state index in [9.17, 15) is 28.1 Å². The zero-order chi connectivity index (χ0) is 13.2. The lowest BCUT2D eigenvalue weighted by molar-refractivity contribution is -0.387. The second-order valence-electron chi connectivity index (χ2n) is 2.78. The van der Waals surface area contributed by atoms with E-state index >= 15 is 0 Å². The van der Waals surface area contributed by atoms with E-state index in [-0.39, 0.29) is 10.9 Å². The fourth-order valence-corrected chi connectivity index (χ4v) is 1.49. The Morgan fingerprint density at radius 2 is 2.12 bits per heavy atom. The monoisotopic (exact) mass is 316 g/mol. The van der Waals surface area contributed by atoms with Gasteiger partial charge in [-0.15, -0.1) is 13.2 Å². The molecule has 0 bridgehead atoms. The summed E-state index contributed by atoms with van der Waals surface area (Å²) in [5, 5.41) is 10.3. The molecule has 1 rings (SSSR count). The van der Waals surface area contributed by atoms with Gasteiger partial charge in [0.05, 0.1) is 10.5 Å². The number of nitrogens with one attached hydrogen (secondary N) is 1. The first-order valence-electron chi connectivity index (χ1n) is 3.97. The largest absolute Gasteiger partial charge is 0.574 e. The zero-order valence-corrected chi connectivity index (χ0v) is 9.46. The summed E-state index contributed by atoms with van der Waals surface area (Å²) in [6.07, 6.45) is -4.98. The number of aromatic amines is 1. The summed E-state index contributed by atoms with van der Waals surface area (Å²) < 4.78 is 39.1. The maximum absolute atomic E-state index is 11.9. The van der Waals surface area contributed by atoms with Crippen molar-refractivity contribution >= 4 is 21.6 Å². The maximum atomic E-state index is 11.9. The molecule has 0 fully saturated rings. The smallest absolute Gasteiger partial charge is 0.390 e. The number of ether oxygens (including phenoxy) is 1. The van der Waals surface area contributed by atoms with Crippen LogP contribution < -0.4 is 10.3 Å². The Hall–Kier alpha value is -1.58. The molecule has 0 atom stereocenters. The van der Waals surface area contributed by atoms with E-state index in [0.717, 1.165) is 6.07 Å². The van der Waals surface area contributed by atoms with Gasteiger partial charge in [-0.2, -0.15) is 0 Å². The lowest BCUT2D eigenvalue weighted by atomic mass is 10.2. The van der Waals surface area contributed by atoms with Crippen molar-refractivity contribution in [3.63, 3.8) is 0 Å². The van der Waals surface area contributed by atoms with E-state index in [2.05, 4.69) is 20.7 Å². The van der Waals surface area contributed by atoms with Crippen LogP contribution in [0.15, 0.2) is 10.9 Å². The van der Waals surface area contributed by atoms with Crippen molar-refractivity contribution in [2.24, 2.45) is 0 Å². The molecular weight excluding hydrogens is 313 g/mol. The van der Waals surface area contributed by atoms with Gasteiger partial charge in [-0.1, -0.05) is 15.9 Å². The van der Waals surface area contributed by atoms with E-state index in [1.807, 2.05) is 0 Å². The first kappa shape index (κ1) is 13.5. The van der Waals surface area contributed by atoms with Gasteiger partial charge >= 0.3 is 17.6 Å². The van der Waals surface area contributed by atoms with Crippen molar-refractivity contribution < 1.29 is 22.8 Å². The standard InChI is InChI=1S/C7H4BrF3N2O4/c8-2-3-1-4(17-7(9,10)11)12-6(14)5(3)13(15)16/h1H,2H2,(H,12,14). The Morgan fingerprint density at radius 1 is 1.53 bits per heavy atom. The van der Waals surface area contributed by atoms with E-state index in [4.69, 9.17) is 0 Å². The first-order chi connectivity index (χ1) is 7.74. The quantitative estimate of drug-likeness (QED) is 0.525. The van der Waals surface area contributed by atoms with Crippen LogP contribution in [0.4, 0.5) is 18.9 Å². The highest BCUT2D eigenvalue weighted by atomic mass is 79.9. The number of hydrogen-bond donors (Lipinski definition) is 1. The van der Waals surface area contributed by atoms with Crippen molar-refractivity contribution in [1.82, 2.24) is 4.98 Å². The van der Waals surface area contributed by atoms with E-state index in [1.54, 1.807) is 4.98 Å². The first-order valence-corrected chi connectivity index (χ1v) is 5.09. The van der Waals surface area contributed by atoms with Gasteiger partial charge in [-0.25, -0.2) is 0 Å². The van der Waals surface area contributed by atoms with Crippen LogP contribution in [-0.4, -0.2) is 16.3 Å². The summed E-state index contributed by atoms with van der Waals surface area (Å²) in [6.45, 7) is 0. The molecule has 1 heterocycles. The van der Waals surface area contributed by atoms with Crippen molar-refractivity contribution in [3.8, 4) is 5.88 Å². The van der Waals surface area contributed by atoms with E-state index in [0.29, 0.717) is 0 Å². The van der Waals surface area contributed by atoms with E-state index in [1.165, 1.54) is 0 Å². The van der Waals surface area contributed by atoms with Crippen molar-refractivity contribution in [1.29, 1.82) is 0 Å². The lowest BCUT2D eigenvalue weighted by Gasteiger charge is -2.08. The number of nitrogens with zero attached hydrogens (tertiary/aromatic N) is 1. The second-order valence-corrected chi connectivity index (χ2v) is 3.34. The predicted molar refractivity (Wildman–Crippen MR) is 53.0 cm³/mol. The summed E-state index contributed by atoms with van der Waals surface area (Å²) in [5.74, 6) is -0.900. The molecule has 0 aliphatic heterocycles. The van der Waals surface area contributed by atoms with Gasteiger partial charge in [-0.05, 0) is 0 Å². The molecule has 0 aliphatic carbocycles. The average molecular weight is 317 g/mol. The third-order valence-electron chi connectivity index (χ3n) is 1.61. The zero-order valence-electron chi connectivity index (χ0n) is 7.88. The Balaban J connectivity index is 3.28. The van der Waals surface area contributed by atoms with Crippen molar-refractivity contribution in [2.75, 3.05) is 0 Å². The molecule has 1 N–H and O–H groups in total. The van der Waals surface area contributed by atoms with Crippen LogP contribution in [-0.2, 0) is 5.33 Å². The molecule has 6 nitrogen and oxygen atoms in total. The van der Waals surface area contributed by atoms with Crippen LogP contribution >= 0.6 is 15.9 Å². The number of aromatic nitrogens is 1. The van der Waals surface area contributed by atoms with Crippen LogP contribution in [0.2, 0.25) is 0 Å². The summed E-state index contributed by atoms with van der Waals surface area (Å²) in [6, 6.07) is 0.738. The van der Waals surface area contributed by atoms with Gasteiger partial charge in [0.25, 0.3) is 0 Å². The summed E-state index contributed by atoms with van der Waals surface area (Å²) >= 11 is 2.83. The summed E-state index contributed by atoms with van der Waals surface area (Å²) in [5.41, 5.74) is -2.29. The Kier molecular flexibility index (Phi) is 3.76. The molecule has 0 radical (unpaired) electrons. The van der Waals surface area contributed by atoms with Crippen LogP contribution in [0.25, 0.3) is 0 Å². The van der Waals surface area contributed by atoms with Gasteiger partial charge in [0.1, 0.15) is 0 Å².